The lowest BCUT2D eigenvalue weighted by molar-refractivity contribution is 0.0993. The van der Waals surface area contributed by atoms with Crippen molar-refractivity contribution in [2.24, 2.45) is 5.73 Å². The number of amides is 1. The largest absolute Gasteiger partial charge is 0.366 e. The second kappa shape index (κ2) is 3.53. The van der Waals surface area contributed by atoms with Crippen LogP contribution in [0.15, 0.2) is 36.4 Å². The van der Waals surface area contributed by atoms with E-state index in [1.54, 1.807) is 18.2 Å². The van der Waals surface area contributed by atoms with E-state index in [2.05, 4.69) is 0 Å². The van der Waals surface area contributed by atoms with E-state index in [0.29, 0.717) is 11.8 Å². The van der Waals surface area contributed by atoms with Gasteiger partial charge in [-0.3, -0.25) is 9.59 Å². The van der Waals surface area contributed by atoms with Gasteiger partial charge in [-0.1, -0.05) is 30.3 Å². The predicted octanol–water partition coefficient (Wildman–Crippen LogP) is 1.75. The van der Waals surface area contributed by atoms with Gasteiger partial charge in [0.1, 0.15) is 0 Å². The summed E-state index contributed by atoms with van der Waals surface area (Å²) < 4.78 is 0. The van der Waals surface area contributed by atoms with Crippen LogP contribution in [0.4, 0.5) is 0 Å². The van der Waals surface area contributed by atoms with Crippen molar-refractivity contribution in [1.82, 2.24) is 0 Å². The summed E-state index contributed by atoms with van der Waals surface area (Å²) in [7, 11) is 0. The van der Waals surface area contributed by atoms with Crippen molar-refractivity contribution in [2.75, 3.05) is 0 Å². The van der Waals surface area contributed by atoms with Gasteiger partial charge in [-0.25, -0.2) is 0 Å². The fourth-order valence-corrected chi connectivity index (χ4v) is 1.64. The summed E-state index contributed by atoms with van der Waals surface area (Å²) in [5.41, 5.74) is 5.81. The van der Waals surface area contributed by atoms with Crippen molar-refractivity contribution < 1.29 is 9.59 Å². The highest BCUT2D eigenvalue weighted by molar-refractivity contribution is 6.09. The Kier molecular flexibility index (Phi) is 2.21. The van der Waals surface area contributed by atoms with Gasteiger partial charge in [-0.2, -0.15) is 0 Å². The normalized spacial score (nSPS) is 10.1. The zero-order valence-corrected chi connectivity index (χ0v) is 7.94. The SMILES string of the molecule is NC(=O)c1ccc2ccccc2c1C=O. The van der Waals surface area contributed by atoms with Crippen LogP contribution in [0.3, 0.4) is 0 Å². The molecule has 0 aliphatic heterocycles. The van der Waals surface area contributed by atoms with E-state index in [9.17, 15) is 9.59 Å². The molecule has 0 saturated carbocycles. The standard InChI is InChI=1S/C12H9NO2/c13-12(15)10-6-5-8-3-1-2-4-9(8)11(10)7-14/h1-7H,(H2,13,15). The summed E-state index contributed by atoms with van der Waals surface area (Å²) in [5.74, 6) is -0.581. The Labute approximate surface area is 86.5 Å². The molecule has 3 heteroatoms. The summed E-state index contributed by atoms with van der Waals surface area (Å²) in [6, 6.07) is 10.7. The average Bonchev–Trinajstić information content (AvgIpc) is 2.27. The maximum absolute atomic E-state index is 11.1. The van der Waals surface area contributed by atoms with Gasteiger partial charge in [-0.05, 0) is 16.8 Å². The van der Waals surface area contributed by atoms with E-state index in [4.69, 9.17) is 5.73 Å². The number of hydrogen-bond acceptors (Lipinski definition) is 2. The van der Waals surface area contributed by atoms with E-state index in [-0.39, 0.29) is 5.56 Å². The lowest BCUT2D eigenvalue weighted by Gasteiger charge is -2.04. The highest BCUT2D eigenvalue weighted by Crippen LogP contribution is 2.20. The monoisotopic (exact) mass is 199 g/mol. The van der Waals surface area contributed by atoms with Crippen LogP contribution < -0.4 is 5.73 Å². The average molecular weight is 199 g/mol. The van der Waals surface area contributed by atoms with E-state index in [1.165, 1.54) is 0 Å². The van der Waals surface area contributed by atoms with Gasteiger partial charge in [-0.15, -0.1) is 0 Å². The molecule has 1 amide bonds. The molecule has 15 heavy (non-hydrogen) atoms. The Bertz CT molecular complexity index is 546. The van der Waals surface area contributed by atoms with Crippen LogP contribution in [0.1, 0.15) is 20.7 Å². The molecule has 0 aliphatic rings. The highest BCUT2D eigenvalue weighted by atomic mass is 16.1. The minimum atomic E-state index is -0.581. The molecule has 3 nitrogen and oxygen atoms in total. The molecule has 0 saturated heterocycles. The Morgan fingerprint density at radius 2 is 1.87 bits per heavy atom. The van der Waals surface area contributed by atoms with Gasteiger partial charge in [0.25, 0.3) is 0 Å². The number of aldehydes is 1. The molecule has 0 radical (unpaired) electrons. The summed E-state index contributed by atoms with van der Waals surface area (Å²) in [4.78, 5) is 22.0. The van der Waals surface area contributed by atoms with Gasteiger partial charge < -0.3 is 5.73 Å². The molecule has 0 aromatic heterocycles. The van der Waals surface area contributed by atoms with Gasteiger partial charge in [0, 0.05) is 5.56 Å². The minimum absolute atomic E-state index is 0.267. The molecule has 2 aromatic rings. The maximum Gasteiger partial charge on any atom is 0.249 e. The van der Waals surface area contributed by atoms with Crippen LogP contribution in [-0.2, 0) is 0 Å². The zero-order valence-electron chi connectivity index (χ0n) is 7.94. The van der Waals surface area contributed by atoms with Crippen molar-refractivity contribution in [2.45, 2.75) is 0 Å². The van der Waals surface area contributed by atoms with Crippen LogP contribution in [0, 0.1) is 0 Å². The number of carbonyl (C=O) groups is 2. The van der Waals surface area contributed by atoms with Gasteiger partial charge in [0.2, 0.25) is 5.91 Å². The van der Waals surface area contributed by atoms with Crippen molar-refractivity contribution in [3.8, 4) is 0 Å². The topological polar surface area (TPSA) is 60.2 Å². The number of fused-ring (bicyclic) bond motifs is 1. The Morgan fingerprint density at radius 1 is 1.13 bits per heavy atom. The zero-order chi connectivity index (χ0) is 10.8. The first-order valence-corrected chi connectivity index (χ1v) is 4.51. The fourth-order valence-electron chi connectivity index (χ4n) is 1.64. The molecule has 0 unspecified atom stereocenters. The quantitative estimate of drug-likeness (QED) is 0.749. The first-order chi connectivity index (χ1) is 7.24. The summed E-state index contributed by atoms with van der Waals surface area (Å²) in [6.07, 6.45) is 0.669. The van der Waals surface area contributed by atoms with Crippen molar-refractivity contribution in [1.29, 1.82) is 0 Å². The number of primary amides is 1. The second-order valence-corrected chi connectivity index (χ2v) is 3.23. The van der Waals surface area contributed by atoms with Gasteiger partial charge in [0.15, 0.2) is 6.29 Å². The Morgan fingerprint density at radius 3 is 2.53 bits per heavy atom. The molecule has 74 valence electrons. The van der Waals surface area contributed by atoms with E-state index >= 15 is 0 Å². The van der Waals surface area contributed by atoms with Crippen LogP contribution >= 0.6 is 0 Å². The molecular weight excluding hydrogens is 190 g/mol. The highest BCUT2D eigenvalue weighted by Gasteiger charge is 2.10. The molecule has 0 bridgehead atoms. The third-order valence-corrected chi connectivity index (χ3v) is 2.35. The second-order valence-electron chi connectivity index (χ2n) is 3.23. The molecule has 2 N–H and O–H groups in total. The molecule has 0 heterocycles. The maximum atomic E-state index is 11.1. The molecule has 2 aromatic carbocycles. The smallest absolute Gasteiger partial charge is 0.249 e. The van der Waals surface area contributed by atoms with E-state index in [0.717, 1.165) is 10.8 Å². The number of rotatable bonds is 2. The number of hydrogen-bond donors (Lipinski definition) is 1. The molecular formula is C12H9NO2. The van der Waals surface area contributed by atoms with E-state index in [1.807, 2.05) is 18.2 Å². The van der Waals surface area contributed by atoms with Crippen molar-refractivity contribution in [3.05, 3.63) is 47.5 Å². The molecule has 0 fully saturated rings. The number of benzene rings is 2. The lowest BCUT2D eigenvalue weighted by Crippen LogP contribution is -2.13. The fraction of sp³-hybridized carbons (Fsp3) is 0. The molecule has 0 aliphatic carbocycles. The van der Waals surface area contributed by atoms with Crippen LogP contribution in [0.25, 0.3) is 10.8 Å². The third kappa shape index (κ3) is 1.48. The number of nitrogens with two attached hydrogens (primary N) is 1. The first kappa shape index (κ1) is 9.40. The first-order valence-electron chi connectivity index (χ1n) is 4.51. The minimum Gasteiger partial charge on any atom is -0.366 e. The van der Waals surface area contributed by atoms with Crippen LogP contribution in [-0.4, -0.2) is 12.2 Å². The Hall–Kier alpha value is -2.16. The van der Waals surface area contributed by atoms with Crippen molar-refractivity contribution in [3.63, 3.8) is 0 Å². The van der Waals surface area contributed by atoms with E-state index < -0.39 is 5.91 Å². The summed E-state index contributed by atoms with van der Waals surface area (Å²) in [5, 5.41) is 1.67. The van der Waals surface area contributed by atoms with Gasteiger partial charge >= 0.3 is 0 Å². The van der Waals surface area contributed by atoms with Crippen molar-refractivity contribution >= 4 is 23.0 Å². The Balaban J connectivity index is 2.87. The third-order valence-electron chi connectivity index (χ3n) is 2.35. The lowest BCUT2D eigenvalue weighted by atomic mass is 9.99. The molecule has 2 rings (SSSR count). The van der Waals surface area contributed by atoms with Gasteiger partial charge in [0.05, 0.1) is 5.56 Å². The predicted molar refractivity (Wildman–Crippen MR) is 57.9 cm³/mol. The van der Waals surface area contributed by atoms with Crippen LogP contribution in [0.2, 0.25) is 0 Å². The molecule has 0 atom stereocenters. The summed E-state index contributed by atoms with van der Waals surface area (Å²) >= 11 is 0. The van der Waals surface area contributed by atoms with Crippen LogP contribution in [0.5, 0.6) is 0 Å². The molecule has 0 spiro atoms. The number of carbonyl (C=O) groups excluding carboxylic acids is 2. The summed E-state index contributed by atoms with van der Waals surface area (Å²) in [6.45, 7) is 0.